The number of halogens is 1. The molecule has 0 aliphatic carbocycles. The van der Waals surface area contributed by atoms with Gasteiger partial charge in [0.2, 0.25) is 0 Å². The van der Waals surface area contributed by atoms with Gasteiger partial charge in [-0.15, -0.1) is 12.4 Å². The molecule has 9 heavy (non-hydrogen) atoms. The third-order valence-electron chi connectivity index (χ3n) is 0.940. The maximum absolute atomic E-state index is 7.12. The Morgan fingerprint density at radius 3 is 2.22 bits per heavy atom. The maximum Gasteiger partial charge on any atom is 0.0477 e. The number of hydrogen-bond acceptors (Lipinski definition) is 1. The van der Waals surface area contributed by atoms with E-state index < -0.39 is 6.50 Å². The van der Waals surface area contributed by atoms with E-state index in [0.29, 0.717) is 5.56 Å². The zero-order valence-electron chi connectivity index (χ0n) is 6.87. The van der Waals surface area contributed by atoms with Gasteiger partial charge in [-0.25, -0.2) is 0 Å². The van der Waals surface area contributed by atoms with E-state index in [2.05, 4.69) is 0 Å². The van der Waals surface area contributed by atoms with Crippen molar-refractivity contribution in [1.29, 1.82) is 0 Å². The molecule has 0 atom stereocenters. The number of nitrogens with two attached hydrogens (primary N) is 1. The molecule has 1 rings (SSSR count). The second kappa shape index (κ2) is 4.36. The Hall–Kier alpha value is -0.530. The predicted octanol–water partition coefficient (Wildman–Crippen LogP) is 1.57. The Morgan fingerprint density at radius 2 is 1.89 bits per heavy atom. The second-order valence-electron chi connectivity index (χ2n) is 1.51. The van der Waals surface area contributed by atoms with E-state index in [1.165, 1.54) is 0 Å². The van der Waals surface area contributed by atoms with Crippen LogP contribution in [0.15, 0.2) is 30.3 Å². The minimum absolute atomic E-state index is 0. The zero-order chi connectivity index (χ0) is 7.61. The van der Waals surface area contributed by atoms with E-state index in [0.717, 1.165) is 0 Å². The quantitative estimate of drug-likeness (QED) is 0.638. The van der Waals surface area contributed by atoms with Crippen molar-refractivity contribution in [2.24, 2.45) is 5.73 Å². The normalized spacial score (nSPS) is 13.0. The van der Waals surface area contributed by atoms with Gasteiger partial charge in [0.1, 0.15) is 0 Å². The predicted molar refractivity (Wildman–Crippen MR) is 41.6 cm³/mol. The van der Waals surface area contributed by atoms with Crippen LogP contribution >= 0.6 is 12.4 Å². The lowest BCUT2D eigenvalue weighted by molar-refractivity contribution is 1.07. The lowest BCUT2D eigenvalue weighted by atomic mass is 10.2. The molecule has 50 valence electrons. The zero-order valence-corrected chi connectivity index (χ0v) is 5.69. The SMILES string of the molecule is Cl.[2H]C([2H])(N)c1ccccc1. The van der Waals surface area contributed by atoms with Gasteiger partial charge in [-0.05, 0) is 5.56 Å². The number of rotatable bonds is 1. The van der Waals surface area contributed by atoms with Crippen LogP contribution in [0, 0.1) is 0 Å². The van der Waals surface area contributed by atoms with Crippen LogP contribution in [0.1, 0.15) is 8.30 Å². The van der Waals surface area contributed by atoms with E-state index in [4.69, 9.17) is 8.48 Å². The largest absolute Gasteiger partial charge is 0.326 e. The Morgan fingerprint density at radius 1 is 1.33 bits per heavy atom. The highest BCUT2D eigenvalue weighted by Gasteiger charge is 1.80. The van der Waals surface area contributed by atoms with E-state index in [1.807, 2.05) is 6.07 Å². The summed E-state index contributed by atoms with van der Waals surface area (Å²) in [5.41, 5.74) is 5.70. The summed E-state index contributed by atoms with van der Waals surface area (Å²) >= 11 is 0. The van der Waals surface area contributed by atoms with Crippen LogP contribution in [0.5, 0.6) is 0 Å². The second-order valence-corrected chi connectivity index (χ2v) is 1.51. The highest BCUT2D eigenvalue weighted by molar-refractivity contribution is 5.85. The van der Waals surface area contributed by atoms with Crippen molar-refractivity contribution in [3.05, 3.63) is 35.9 Å². The molecule has 0 amide bonds. The fraction of sp³-hybridized carbons (Fsp3) is 0.143. The van der Waals surface area contributed by atoms with Gasteiger partial charge in [0.25, 0.3) is 0 Å². The molecule has 0 bridgehead atoms. The fourth-order valence-corrected chi connectivity index (χ4v) is 0.534. The van der Waals surface area contributed by atoms with Crippen molar-refractivity contribution >= 4 is 12.4 Å². The molecule has 0 spiro atoms. The van der Waals surface area contributed by atoms with E-state index in [9.17, 15) is 0 Å². The smallest absolute Gasteiger partial charge is 0.0477 e. The van der Waals surface area contributed by atoms with E-state index >= 15 is 0 Å². The highest BCUT2D eigenvalue weighted by atomic mass is 35.5. The lowest BCUT2D eigenvalue weighted by Crippen LogP contribution is -1.94. The van der Waals surface area contributed by atoms with E-state index in [1.54, 1.807) is 24.3 Å². The van der Waals surface area contributed by atoms with Crippen molar-refractivity contribution in [3.63, 3.8) is 0 Å². The first-order chi connectivity index (χ1) is 4.61. The van der Waals surface area contributed by atoms with Crippen LogP contribution in [0.4, 0.5) is 0 Å². The number of benzene rings is 1. The van der Waals surface area contributed by atoms with Gasteiger partial charge >= 0.3 is 0 Å². The summed E-state index contributed by atoms with van der Waals surface area (Å²) in [5, 5.41) is 0. The van der Waals surface area contributed by atoms with Gasteiger partial charge in [-0.1, -0.05) is 30.3 Å². The van der Waals surface area contributed by atoms with Crippen LogP contribution < -0.4 is 5.73 Å². The minimum Gasteiger partial charge on any atom is -0.326 e. The molecule has 0 aromatic heterocycles. The molecule has 1 aromatic rings. The third-order valence-corrected chi connectivity index (χ3v) is 0.940. The number of hydrogen-bond donors (Lipinski definition) is 1. The molecule has 0 saturated carbocycles. The molecular weight excluding hydrogens is 134 g/mol. The molecule has 0 unspecified atom stereocenters. The summed E-state index contributed by atoms with van der Waals surface area (Å²) in [4.78, 5) is 0. The summed E-state index contributed by atoms with van der Waals surface area (Å²) in [5.74, 6) is 0. The Labute approximate surface area is 64.1 Å². The van der Waals surface area contributed by atoms with Gasteiger partial charge in [0, 0.05) is 9.24 Å². The molecule has 0 radical (unpaired) electrons. The van der Waals surface area contributed by atoms with Crippen molar-refractivity contribution < 1.29 is 2.74 Å². The summed E-state index contributed by atoms with van der Waals surface area (Å²) in [6, 6.07) is 8.69. The van der Waals surface area contributed by atoms with Gasteiger partial charge in [0.15, 0.2) is 0 Å². The first kappa shape index (κ1) is 5.27. The molecule has 1 aromatic carbocycles. The molecule has 1 nitrogen and oxygen atoms in total. The lowest BCUT2D eigenvalue weighted by Gasteiger charge is -1.90. The molecule has 0 aliphatic rings. The van der Waals surface area contributed by atoms with Crippen LogP contribution in [0.2, 0.25) is 0 Å². The third kappa shape index (κ3) is 2.49. The minimum atomic E-state index is -1.71. The molecule has 0 aliphatic heterocycles. The molecule has 0 fully saturated rings. The Bertz CT molecular complexity index is 207. The van der Waals surface area contributed by atoms with Crippen LogP contribution in [0.25, 0.3) is 0 Å². The van der Waals surface area contributed by atoms with E-state index in [-0.39, 0.29) is 12.4 Å². The summed E-state index contributed by atoms with van der Waals surface area (Å²) < 4.78 is 14.2. The Balaban J connectivity index is 0.000001000. The van der Waals surface area contributed by atoms with Crippen LogP contribution in [0.3, 0.4) is 0 Å². The van der Waals surface area contributed by atoms with Gasteiger partial charge in [0.05, 0.1) is 0 Å². The summed E-state index contributed by atoms with van der Waals surface area (Å²) in [6.45, 7) is -1.71. The Kier molecular flexibility index (Phi) is 2.55. The van der Waals surface area contributed by atoms with Crippen LogP contribution in [-0.2, 0) is 6.50 Å². The first-order valence-electron chi connectivity index (χ1n) is 3.45. The monoisotopic (exact) mass is 145 g/mol. The van der Waals surface area contributed by atoms with Gasteiger partial charge in [-0.2, -0.15) is 0 Å². The van der Waals surface area contributed by atoms with Crippen molar-refractivity contribution in [2.45, 2.75) is 6.50 Å². The summed E-state index contributed by atoms with van der Waals surface area (Å²) in [7, 11) is 0. The summed E-state index contributed by atoms with van der Waals surface area (Å²) in [6.07, 6.45) is 0. The first-order valence-corrected chi connectivity index (χ1v) is 2.45. The maximum atomic E-state index is 7.12. The molecule has 0 saturated heterocycles. The van der Waals surface area contributed by atoms with Gasteiger partial charge < -0.3 is 5.73 Å². The molecular formula is C7H10ClN. The average Bonchev–Trinajstić information content (AvgIpc) is 1.88. The van der Waals surface area contributed by atoms with Gasteiger partial charge in [-0.3, -0.25) is 0 Å². The van der Waals surface area contributed by atoms with Crippen molar-refractivity contribution in [2.75, 3.05) is 0 Å². The highest BCUT2D eigenvalue weighted by Crippen LogP contribution is 1.94. The molecule has 2 N–H and O–H groups in total. The topological polar surface area (TPSA) is 26.0 Å². The van der Waals surface area contributed by atoms with Crippen molar-refractivity contribution in [1.82, 2.24) is 0 Å². The van der Waals surface area contributed by atoms with Crippen LogP contribution in [-0.4, -0.2) is 0 Å². The van der Waals surface area contributed by atoms with Crippen molar-refractivity contribution in [3.8, 4) is 0 Å². The molecule has 2 heteroatoms. The fourth-order valence-electron chi connectivity index (χ4n) is 0.534. The molecule has 0 heterocycles. The standard InChI is InChI=1S/C7H9N.ClH/c8-6-7-4-2-1-3-5-7;/h1-5H,6,8H2;1H/i6D2;. The average molecular weight is 146 g/mol.